The number of likely N-dealkylation sites (tertiary alicyclic amines) is 2. The third kappa shape index (κ3) is 11.2. The van der Waals surface area contributed by atoms with Crippen molar-refractivity contribution in [2.75, 3.05) is 45.9 Å². The Labute approximate surface area is 388 Å². The Morgan fingerprint density at radius 1 is 0.836 bits per heavy atom. The number of carbonyl (C=O) groups excluding carboxylic acids is 2. The highest BCUT2D eigenvalue weighted by atomic mass is 16.5. The minimum absolute atomic E-state index is 0.0670. The number of amides is 2. The summed E-state index contributed by atoms with van der Waals surface area (Å²) in [6, 6.07) is 36.9. The molecule has 0 bridgehead atoms. The fourth-order valence-corrected chi connectivity index (χ4v) is 9.37. The van der Waals surface area contributed by atoms with Crippen LogP contribution in [0.4, 0.5) is 0 Å². The van der Waals surface area contributed by atoms with Crippen LogP contribution in [0, 0.1) is 5.92 Å². The Hall–Kier alpha value is -6.84. The third-order valence-corrected chi connectivity index (χ3v) is 13.0. The average molecular weight is 908 g/mol. The Morgan fingerprint density at radius 3 is 2.37 bits per heavy atom. The molecule has 0 saturated carbocycles. The number of aliphatic hydroxyl groups is 2. The number of phenols is 1. The number of carbonyl (C=O) groups is 3. The summed E-state index contributed by atoms with van der Waals surface area (Å²) in [6.07, 6.45) is 2.92. The number of carboxylic acids is 1. The fourth-order valence-electron chi connectivity index (χ4n) is 9.37. The van der Waals surface area contributed by atoms with Gasteiger partial charge < -0.3 is 45.7 Å². The van der Waals surface area contributed by atoms with Crippen molar-refractivity contribution >= 4 is 28.7 Å². The van der Waals surface area contributed by atoms with E-state index in [9.17, 15) is 39.6 Å². The number of ether oxygens (including phenoxy) is 1. The van der Waals surface area contributed by atoms with Gasteiger partial charge in [-0.2, -0.15) is 0 Å². The number of rotatable bonds is 18. The van der Waals surface area contributed by atoms with E-state index in [1.165, 1.54) is 23.8 Å². The summed E-state index contributed by atoms with van der Waals surface area (Å²) in [4.78, 5) is 57.9. The van der Waals surface area contributed by atoms with Gasteiger partial charge in [0.2, 0.25) is 11.2 Å². The molecule has 14 nitrogen and oxygen atoms in total. The van der Waals surface area contributed by atoms with Crippen molar-refractivity contribution in [3.8, 4) is 11.5 Å². The van der Waals surface area contributed by atoms with E-state index in [4.69, 9.17) is 4.74 Å². The molecule has 2 fully saturated rings. The monoisotopic (exact) mass is 907 g/mol. The number of phenolic OH excluding ortho intramolecular Hbond substituents is 1. The van der Waals surface area contributed by atoms with Crippen LogP contribution in [-0.4, -0.2) is 105 Å². The lowest BCUT2D eigenvalue weighted by Gasteiger charge is -2.33. The normalized spacial score (nSPS) is 16.9. The van der Waals surface area contributed by atoms with Crippen LogP contribution in [0.1, 0.15) is 69.1 Å². The summed E-state index contributed by atoms with van der Waals surface area (Å²) in [6.45, 7) is 4.05. The summed E-state index contributed by atoms with van der Waals surface area (Å²) < 4.78 is 5.84. The summed E-state index contributed by atoms with van der Waals surface area (Å²) in [5, 5.41) is 50.3. The molecule has 0 unspecified atom stereocenters. The molecule has 0 aliphatic carbocycles. The first-order chi connectivity index (χ1) is 32.4. The molecule has 14 heteroatoms. The zero-order valence-electron chi connectivity index (χ0n) is 37.3. The number of piperidine rings is 1. The Balaban J connectivity index is 0.791. The van der Waals surface area contributed by atoms with Crippen LogP contribution < -0.4 is 20.9 Å². The third-order valence-electron chi connectivity index (χ3n) is 13.0. The molecule has 0 spiro atoms. The van der Waals surface area contributed by atoms with Gasteiger partial charge in [0.15, 0.2) is 6.61 Å². The number of nitrogens with zero attached hydrogens (tertiary/aromatic N) is 2. The van der Waals surface area contributed by atoms with Crippen molar-refractivity contribution in [1.82, 2.24) is 25.4 Å². The molecule has 2 amide bonds. The number of hydrogen-bond acceptors (Lipinski definition) is 10. The van der Waals surface area contributed by atoms with Crippen molar-refractivity contribution in [1.29, 1.82) is 0 Å². The van der Waals surface area contributed by atoms with Crippen LogP contribution in [-0.2, 0) is 34.6 Å². The minimum Gasteiger partial charge on any atom is -0.506 e. The van der Waals surface area contributed by atoms with Gasteiger partial charge in [0.1, 0.15) is 11.5 Å². The molecule has 2 aliphatic rings. The van der Waals surface area contributed by atoms with Gasteiger partial charge in [-0.15, -0.1) is 0 Å². The van der Waals surface area contributed by atoms with Gasteiger partial charge in [-0.25, -0.2) is 4.79 Å². The minimum atomic E-state index is -2.35. The second-order valence-electron chi connectivity index (χ2n) is 17.7. The number of hydrogen-bond donors (Lipinski definition) is 7. The van der Waals surface area contributed by atoms with Gasteiger partial charge in [-0.3, -0.25) is 19.3 Å². The zero-order valence-corrected chi connectivity index (χ0v) is 37.3. The number of aliphatic hydroxyl groups excluding tert-OH is 1. The Morgan fingerprint density at radius 2 is 1.60 bits per heavy atom. The maximum absolute atomic E-state index is 13.4. The highest BCUT2D eigenvalue weighted by molar-refractivity contribution is 5.94. The van der Waals surface area contributed by atoms with Crippen molar-refractivity contribution in [3.05, 3.63) is 177 Å². The van der Waals surface area contributed by atoms with Crippen LogP contribution >= 0.6 is 0 Å². The van der Waals surface area contributed by atoms with E-state index in [1.807, 2.05) is 30.3 Å². The number of aromatic nitrogens is 1. The van der Waals surface area contributed by atoms with E-state index in [0.29, 0.717) is 66.9 Å². The van der Waals surface area contributed by atoms with Gasteiger partial charge in [0.05, 0.1) is 11.6 Å². The molecular weight excluding hydrogens is 851 g/mol. The summed E-state index contributed by atoms with van der Waals surface area (Å²) in [5.74, 6) is -1.44. The first kappa shape index (κ1) is 46.7. The first-order valence-electron chi connectivity index (χ1n) is 22.9. The van der Waals surface area contributed by atoms with Crippen molar-refractivity contribution in [2.24, 2.45) is 5.92 Å². The molecule has 67 heavy (non-hydrogen) atoms. The van der Waals surface area contributed by atoms with Gasteiger partial charge in [-0.1, -0.05) is 84.9 Å². The maximum Gasteiger partial charge on any atom is 0.345 e. The molecule has 0 radical (unpaired) electrons. The zero-order chi connectivity index (χ0) is 46.9. The molecule has 6 aromatic rings. The number of H-pyrrole nitrogens is 1. The van der Waals surface area contributed by atoms with E-state index in [0.717, 1.165) is 43.6 Å². The Bertz CT molecular complexity index is 2740. The molecule has 3 heterocycles. The summed E-state index contributed by atoms with van der Waals surface area (Å²) in [7, 11) is 0. The number of aromatic amines is 1. The van der Waals surface area contributed by atoms with Crippen LogP contribution in [0.2, 0.25) is 0 Å². The van der Waals surface area contributed by atoms with Gasteiger partial charge >= 0.3 is 5.97 Å². The SMILES string of the molecule is O=C(COc1cccc([C@@](O)(C(=O)O)c2ccccc2CC2CCN(Cc3ccccc3)CC2)c1)N[C@@H]1CCN(C(=O)c2ccc(CCNC[C@H](O)c3ccc(O)c4[nH]c(=O)ccc34)cc2)C1. The number of benzene rings is 5. The molecule has 2 aliphatic heterocycles. The van der Waals surface area contributed by atoms with Crippen molar-refractivity contribution in [3.63, 3.8) is 0 Å². The highest BCUT2D eigenvalue weighted by Gasteiger charge is 2.42. The standard InChI is InChI=1S/C53H57N5O9/c59-46-19-17-43(44-18-20-48(61)56-50(44)46)47(60)31-54-25-21-35-13-15-38(16-14-35)51(63)58-28-24-41(33-58)55-49(62)34-67-42-11-6-10-40(30-42)53(66,52(64)65)45-12-5-4-9-39(45)29-36-22-26-57(27-23-36)32-37-7-2-1-3-8-37/h1-20,30,36,41,47,54,59-60,66H,21-29,31-34H2,(H,55,62)(H,56,61)(H,64,65)/t41-,47+,53+/m1/s1. The molecule has 2 saturated heterocycles. The van der Waals surface area contributed by atoms with Gasteiger partial charge in [0.25, 0.3) is 11.8 Å². The molecule has 3 atom stereocenters. The van der Waals surface area contributed by atoms with E-state index >= 15 is 0 Å². The van der Waals surface area contributed by atoms with Gasteiger partial charge in [-0.05, 0) is 116 Å². The average Bonchev–Trinajstić information content (AvgIpc) is 3.81. The molecule has 8 rings (SSSR count). The topological polar surface area (TPSA) is 205 Å². The van der Waals surface area contributed by atoms with Crippen LogP contribution in [0.5, 0.6) is 11.5 Å². The van der Waals surface area contributed by atoms with Crippen LogP contribution in [0.15, 0.2) is 132 Å². The van der Waals surface area contributed by atoms with Crippen molar-refractivity contribution in [2.45, 2.75) is 56.4 Å². The summed E-state index contributed by atoms with van der Waals surface area (Å²) >= 11 is 0. The number of fused-ring (bicyclic) bond motifs is 1. The molecule has 7 N–H and O–H groups in total. The second-order valence-corrected chi connectivity index (χ2v) is 17.7. The maximum atomic E-state index is 13.4. The smallest absolute Gasteiger partial charge is 0.345 e. The lowest BCUT2D eigenvalue weighted by Crippen LogP contribution is -2.40. The second kappa shape index (κ2) is 21.2. The van der Waals surface area contributed by atoms with Crippen LogP contribution in [0.3, 0.4) is 0 Å². The molecule has 1 aromatic heterocycles. The number of nitrogens with one attached hydrogen (secondary N) is 3. The predicted octanol–water partition coefficient (Wildman–Crippen LogP) is 5.28. The summed E-state index contributed by atoms with van der Waals surface area (Å²) in [5.41, 5.74) is 2.19. The van der Waals surface area contributed by atoms with Gasteiger partial charge in [0, 0.05) is 60.4 Å². The van der Waals surface area contributed by atoms with Crippen LogP contribution in [0.25, 0.3) is 10.9 Å². The molecule has 348 valence electrons. The number of pyridine rings is 1. The first-order valence-corrected chi connectivity index (χ1v) is 22.9. The quantitative estimate of drug-likeness (QED) is 0.0553. The lowest BCUT2D eigenvalue weighted by atomic mass is 9.80. The largest absolute Gasteiger partial charge is 0.506 e. The number of aliphatic carboxylic acids is 1. The number of carboxylic acid groups (broad SMARTS) is 1. The highest BCUT2D eigenvalue weighted by Crippen LogP contribution is 2.36. The van der Waals surface area contributed by atoms with E-state index in [-0.39, 0.29) is 53.2 Å². The molecule has 5 aromatic carbocycles. The lowest BCUT2D eigenvalue weighted by molar-refractivity contribution is -0.155. The molecular formula is C53H57N5O9. The van der Waals surface area contributed by atoms with Crippen molar-refractivity contribution < 1.29 is 39.5 Å². The van der Waals surface area contributed by atoms with E-state index in [2.05, 4.69) is 44.8 Å². The fraction of sp³-hybridized carbons (Fsp3) is 0.321. The Kier molecular flexibility index (Phi) is 14.8. The van der Waals surface area contributed by atoms with E-state index in [1.54, 1.807) is 59.5 Å². The van der Waals surface area contributed by atoms with E-state index < -0.39 is 23.6 Å². The predicted molar refractivity (Wildman–Crippen MR) is 254 cm³/mol. The number of aromatic hydroxyl groups is 1.